The van der Waals surface area contributed by atoms with Gasteiger partial charge in [0, 0.05) is 33.4 Å². The lowest BCUT2D eigenvalue weighted by atomic mass is 10.2. The normalized spacial score (nSPS) is 17.4. The summed E-state index contributed by atoms with van der Waals surface area (Å²) in [6.45, 7) is 3.32. The fourth-order valence-corrected chi connectivity index (χ4v) is 2.24. The van der Waals surface area contributed by atoms with Gasteiger partial charge in [0.1, 0.15) is 0 Å². The molecule has 0 saturated carbocycles. The third kappa shape index (κ3) is 7.18. The van der Waals surface area contributed by atoms with Gasteiger partial charge < -0.3 is 25.2 Å². The third-order valence-electron chi connectivity index (χ3n) is 3.55. The number of hydrogen-bond donors (Lipinski definition) is 3. The summed E-state index contributed by atoms with van der Waals surface area (Å²) in [6, 6.07) is 4.30. The molecular formula is C16H25FIN3O3. The molecule has 1 saturated heterocycles. The number of aliphatic imine (C=N–C) groups is 1. The number of hydrogen-bond acceptors (Lipinski definition) is 4. The molecule has 2 rings (SSSR count). The van der Waals surface area contributed by atoms with E-state index in [0.29, 0.717) is 25.7 Å². The molecule has 0 radical (unpaired) electrons. The second kappa shape index (κ2) is 11.4. The summed E-state index contributed by atoms with van der Waals surface area (Å²) in [7, 11) is 1.68. The second-order valence-corrected chi connectivity index (χ2v) is 5.35. The SMILES string of the molecule is CN=C(NCCCOC1CCOC1)NCc1ccc(O)c(F)c1.I. The van der Waals surface area contributed by atoms with Crippen LogP contribution in [-0.4, -0.2) is 50.6 Å². The zero-order valence-electron chi connectivity index (χ0n) is 13.8. The largest absolute Gasteiger partial charge is 0.505 e. The highest BCUT2D eigenvalue weighted by molar-refractivity contribution is 14.0. The smallest absolute Gasteiger partial charge is 0.191 e. The van der Waals surface area contributed by atoms with Gasteiger partial charge in [-0.2, -0.15) is 0 Å². The van der Waals surface area contributed by atoms with Crippen molar-refractivity contribution in [1.82, 2.24) is 10.6 Å². The van der Waals surface area contributed by atoms with Crippen LogP contribution in [0.4, 0.5) is 4.39 Å². The monoisotopic (exact) mass is 453 g/mol. The van der Waals surface area contributed by atoms with Crippen LogP contribution in [0.1, 0.15) is 18.4 Å². The van der Waals surface area contributed by atoms with Gasteiger partial charge in [0.25, 0.3) is 0 Å². The van der Waals surface area contributed by atoms with Crippen LogP contribution in [0, 0.1) is 5.82 Å². The molecule has 0 spiro atoms. The minimum atomic E-state index is -0.625. The summed E-state index contributed by atoms with van der Waals surface area (Å²) >= 11 is 0. The average molecular weight is 453 g/mol. The molecule has 3 N–H and O–H groups in total. The number of benzene rings is 1. The van der Waals surface area contributed by atoms with Gasteiger partial charge in [-0.1, -0.05) is 6.07 Å². The Morgan fingerprint density at radius 2 is 2.29 bits per heavy atom. The molecule has 1 unspecified atom stereocenters. The Morgan fingerprint density at radius 1 is 1.46 bits per heavy atom. The van der Waals surface area contributed by atoms with Crippen molar-refractivity contribution in [3.05, 3.63) is 29.6 Å². The van der Waals surface area contributed by atoms with E-state index in [9.17, 15) is 4.39 Å². The van der Waals surface area contributed by atoms with Gasteiger partial charge in [-0.25, -0.2) is 4.39 Å². The van der Waals surface area contributed by atoms with E-state index in [1.165, 1.54) is 12.1 Å². The molecule has 24 heavy (non-hydrogen) atoms. The molecule has 1 aliphatic rings. The zero-order chi connectivity index (χ0) is 16.5. The predicted molar refractivity (Wildman–Crippen MR) is 101 cm³/mol. The first-order valence-electron chi connectivity index (χ1n) is 7.80. The highest BCUT2D eigenvalue weighted by Crippen LogP contribution is 2.15. The van der Waals surface area contributed by atoms with Crippen LogP contribution in [0.3, 0.4) is 0 Å². The van der Waals surface area contributed by atoms with E-state index in [4.69, 9.17) is 14.6 Å². The molecule has 0 bridgehead atoms. The van der Waals surface area contributed by atoms with Crippen LogP contribution in [0.5, 0.6) is 5.75 Å². The summed E-state index contributed by atoms with van der Waals surface area (Å²) in [5, 5.41) is 15.4. The molecule has 0 aliphatic carbocycles. The summed E-state index contributed by atoms with van der Waals surface area (Å²) in [6.07, 6.45) is 2.07. The van der Waals surface area contributed by atoms with Crippen molar-refractivity contribution < 1.29 is 19.0 Å². The fraction of sp³-hybridized carbons (Fsp3) is 0.562. The fourth-order valence-electron chi connectivity index (χ4n) is 2.24. The van der Waals surface area contributed by atoms with E-state index in [-0.39, 0.29) is 35.8 Å². The van der Waals surface area contributed by atoms with Gasteiger partial charge in [-0.3, -0.25) is 4.99 Å². The number of phenolic OH excluding ortho intramolecular Hbond substituents is 1. The maximum absolute atomic E-state index is 13.3. The van der Waals surface area contributed by atoms with Crippen molar-refractivity contribution in [2.75, 3.05) is 33.4 Å². The molecule has 1 aromatic rings. The average Bonchev–Trinajstić information content (AvgIpc) is 3.06. The molecule has 0 aromatic heterocycles. The molecule has 6 nitrogen and oxygen atoms in total. The van der Waals surface area contributed by atoms with E-state index in [2.05, 4.69) is 15.6 Å². The van der Waals surface area contributed by atoms with Crippen LogP contribution in [0.2, 0.25) is 0 Å². The van der Waals surface area contributed by atoms with Crippen LogP contribution in [-0.2, 0) is 16.0 Å². The highest BCUT2D eigenvalue weighted by Gasteiger charge is 2.15. The summed E-state index contributed by atoms with van der Waals surface area (Å²) in [5.74, 6) is -0.327. The Hall–Kier alpha value is -1.13. The van der Waals surface area contributed by atoms with E-state index < -0.39 is 5.82 Å². The summed E-state index contributed by atoms with van der Waals surface area (Å²) in [5.41, 5.74) is 0.729. The van der Waals surface area contributed by atoms with Crippen LogP contribution < -0.4 is 10.6 Å². The molecule has 1 heterocycles. The van der Waals surface area contributed by atoms with Gasteiger partial charge in [0.2, 0.25) is 0 Å². The van der Waals surface area contributed by atoms with E-state index in [0.717, 1.165) is 31.6 Å². The van der Waals surface area contributed by atoms with Crippen molar-refractivity contribution in [2.24, 2.45) is 4.99 Å². The Balaban J connectivity index is 0.00000288. The molecule has 1 fully saturated rings. The van der Waals surface area contributed by atoms with Crippen LogP contribution in [0.15, 0.2) is 23.2 Å². The van der Waals surface area contributed by atoms with Crippen molar-refractivity contribution in [1.29, 1.82) is 0 Å². The molecule has 8 heteroatoms. The molecule has 1 aromatic carbocycles. The number of halogens is 2. The lowest BCUT2D eigenvalue weighted by molar-refractivity contribution is 0.0420. The Bertz CT molecular complexity index is 525. The first-order valence-corrected chi connectivity index (χ1v) is 7.80. The standard InChI is InChI=1S/C16H24FN3O3.HI/c1-18-16(19-6-2-7-23-13-5-8-22-11-13)20-10-12-3-4-15(21)14(17)9-12;/h3-4,9,13,21H,2,5-8,10-11H2,1H3,(H2,18,19,20);1H. The van der Waals surface area contributed by atoms with E-state index in [1.807, 2.05) is 0 Å². The Labute approximate surface area is 158 Å². The Kier molecular flexibility index (Phi) is 9.96. The molecule has 0 amide bonds. The summed E-state index contributed by atoms with van der Waals surface area (Å²) in [4.78, 5) is 4.11. The highest BCUT2D eigenvalue weighted by atomic mass is 127. The topological polar surface area (TPSA) is 75.1 Å². The first-order chi connectivity index (χ1) is 11.2. The van der Waals surface area contributed by atoms with Crippen molar-refractivity contribution in [3.63, 3.8) is 0 Å². The van der Waals surface area contributed by atoms with E-state index in [1.54, 1.807) is 13.1 Å². The van der Waals surface area contributed by atoms with Crippen molar-refractivity contribution in [3.8, 4) is 5.75 Å². The predicted octanol–water partition coefficient (Wildman–Crippen LogP) is 2.01. The van der Waals surface area contributed by atoms with Crippen LogP contribution in [0.25, 0.3) is 0 Å². The number of rotatable bonds is 7. The minimum Gasteiger partial charge on any atom is -0.505 e. The summed E-state index contributed by atoms with van der Waals surface area (Å²) < 4.78 is 24.2. The van der Waals surface area contributed by atoms with Gasteiger partial charge in [-0.05, 0) is 30.5 Å². The number of guanidine groups is 1. The maximum atomic E-state index is 13.3. The lowest BCUT2D eigenvalue weighted by Gasteiger charge is -2.13. The number of phenols is 1. The minimum absolute atomic E-state index is 0. The Morgan fingerprint density at radius 3 is 2.96 bits per heavy atom. The zero-order valence-corrected chi connectivity index (χ0v) is 16.1. The first kappa shape index (κ1) is 20.9. The van der Waals surface area contributed by atoms with Gasteiger partial charge >= 0.3 is 0 Å². The molecular weight excluding hydrogens is 428 g/mol. The van der Waals surface area contributed by atoms with Crippen LogP contribution >= 0.6 is 24.0 Å². The number of ether oxygens (including phenoxy) is 2. The van der Waals surface area contributed by atoms with Gasteiger partial charge in [0.15, 0.2) is 17.5 Å². The molecule has 1 atom stereocenters. The second-order valence-electron chi connectivity index (χ2n) is 5.35. The third-order valence-corrected chi connectivity index (χ3v) is 3.55. The lowest BCUT2D eigenvalue weighted by Crippen LogP contribution is -2.37. The number of aromatic hydroxyl groups is 1. The quantitative estimate of drug-likeness (QED) is 0.255. The maximum Gasteiger partial charge on any atom is 0.191 e. The molecule has 1 aliphatic heterocycles. The molecule has 136 valence electrons. The van der Waals surface area contributed by atoms with E-state index >= 15 is 0 Å². The number of nitrogens with one attached hydrogen (secondary N) is 2. The number of nitrogens with zero attached hydrogens (tertiary/aromatic N) is 1. The van der Waals surface area contributed by atoms with Crippen molar-refractivity contribution >= 4 is 29.9 Å². The van der Waals surface area contributed by atoms with Gasteiger partial charge in [-0.15, -0.1) is 24.0 Å². The van der Waals surface area contributed by atoms with Gasteiger partial charge in [0.05, 0.1) is 12.7 Å². The van der Waals surface area contributed by atoms with Crippen molar-refractivity contribution in [2.45, 2.75) is 25.5 Å².